The molecule has 85 heavy (non-hydrogen) atoms. The molecule has 18 heteroatoms. The Bertz CT molecular complexity index is 1990. The van der Waals surface area contributed by atoms with Gasteiger partial charge in [0.15, 0.2) is 6.10 Å². The Labute approximate surface area is 513 Å². The highest BCUT2D eigenvalue weighted by molar-refractivity contribution is 7.47. The van der Waals surface area contributed by atoms with Gasteiger partial charge in [0, 0.05) is 19.3 Å². The molecule has 0 aliphatic rings. The summed E-state index contributed by atoms with van der Waals surface area (Å²) in [6, 6.07) is 0. The lowest BCUT2D eigenvalue weighted by molar-refractivity contribution is -0.161. The van der Waals surface area contributed by atoms with E-state index in [-0.39, 0.29) is 19.3 Å². The van der Waals surface area contributed by atoms with E-state index in [1.165, 1.54) is 19.3 Å². The van der Waals surface area contributed by atoms with Crippen LogP contribution in [0.25, 0.3) is 0 Å². The van der Waals surface area contributed by atoms with Crippen LogP contribution in [-0.2, 0) is 55.8 Å². The number of ether oxygens (including phenoxy) is 3. The molecule has 0 aromatic heterocycles. The van der Waals surface area contributed by atoms with Crippen LogP contribution in [-0.4, -0.2) is 95.9 Å². The highest BCUT2D eigenvalue weighted by Crippen LogP contribution is 2.45. The molecular weight excluding hydrogens is 1120 g/mol. The normalized spacial score (nSPS) is 15.0. The molecule has 0 saturated carbocycles. The number of hydrogen-bond acceptors (Lipinski definition) is 14. The fraction of sp³-hybridized carbons (Fsp3) is 0.687. The fourth-order valence-electron chi connectivity index (χ4n) is 8.07. The van der Waals surface area contributed by atoms with Gasteiger partial charge in [-0.2, -0.15) is 0 Å². The lowest BCUT2D eigenvalue weighted by Crippen LogP contribution is -2.30. The zero-order chi connectivity index (χ0) is 62.4. The molecule has 5 atom stereocenters. The van der Waals surface area contributed by atoms with Crippen molar-refractivity contribution in [3.63, 3.8) is 0 Å². The lowest BCUT2D eigenvalue weighted by Gasteiger charge is -2.21. The van der Waals surface area contributed by atoms with Crippen molar-refractivity contribution in [3.05, 3.63) is 109 Å². The molecule has 488 valence electrons. The molecule has 0 rings (SSSR count). The molecule has 0 amide bonds. The van der Waals surface area contributed by atoms with Crippen molar-refractivity contribution in [1.29, 1.82) is 0 Å². The molecular formula is C67H114O16P2. The maximum Gasteiger partial charge on any atom is 0.472 e. The summed E-state index contributed by atoms with van der Waals surface area (Å²) in [5.41, 5.74) is 0. The number of aliphatic hydroxyl groups is 2. The summed E-state index contributed by atoms with van der Waals surface area (Å²) >= 11 is 0. The van der Waals surface area contributed by atoms with E-state index in [2.05, 4.69) is 130 Å². The number of allylic oxidation sites excluding steroid dienone is 18. The number of aliphatic hydroxyl groups excluding tert-OH is 2. The summed E-state index contributed by atoms with van der Waals surface area (Å²) < 4.78 is 60.7. The Morgan fingerprint density at radius 2 is 0.624 bits per heavy atom. The highest BCUT2D eigenvalue weighted by Gasteiger charge is 2.29. The molecule has 0 saturated heterocycles. The summed E-state index contributed by atoms with van der Waals surface area (Å²) in [5, 5.41) is 20.5. The SMILES string of the molecule is CC/C=C\C/C=C\C/C=C\C/C=C\CCCCCCC(=O)OCC(O)COP(=O)(O)OCC(O)COP(=O)(O)OCC(COC(=O)CCCCCCCCC/C=C\C/C=C\C/C=C\CC)OC(=O)CCCCCCC/C=C\C/C=C\CCCCC. The van der Waals surface area contributed by atoms with E-state index in [0.29, 0.717) is 19.3 Å². The summed E-state index contributed by atoms with van der Waals surface area (Å²) in [6.45, 7) is 2.34. The van der Waals surface area contributed by atoms with Gasteiger partial charge in [-0.05, 0) is 122 Å². The van der Waals surface area contributed by atoms with Crippen molar-refractivity contribution in [2.75, 3.05) is 39.6 Å². The first-order valence-corrected chi connectivity index (χ1v) is 35.2. The number of phosphoric ester groups is 2. The minimum absolute atomic E-state index is 0.0836. The van der Waals surface area contributed by atoms with Gasteiger partial charge < -0.3 is 34.2 Å². The van der Waals surface area contributed by atoms with Crippen LogP contribution in [0.2, 0.25) is 0 Å². The highest BCUT2D eigenvalue weighted by atomic mass is 31.2. The van der Waals surface area contributed by atoms with Gasteiger partial charge in [-0.1, -0.05) is 207 Å². The second-order valence-electron chi connectivity index (χ2n) is 21.1. The van der Waals surface area contributed by atoms with E-state index in [1.54, 1.807) is 0 Å². The molecule has 0 aromatic rings. The van der Waals surface area contributed by atoms with Gasteiger partial charge in [-0.3, -0.25) is 32.5 Å². The van der Waals surface area contributed by atoms with E-state index in [1.807, 2.05) is 0 Å². The van der Waals surface area contributed by atoms with Crippen molar-refractivity contribution in [2.45, 2.75) is 257 Å². The van der Waals surface area contributed by atoms with Gasteiger partial charge in [-0.25, -0.2) is 9.13 Å². The van der Waals surface area contributed by atoms with Crippen LogP contribution in [0.1, 0.15) is 239 Å². The number of phosphoric acid groups is 2. The van der Waals surface area contributed by atoms with E-state index < -0.39 is 91.5 Å². The van der Waals surface area contributed by atoms with Gasteiger partial charge in [0.2, 0.25) is 0 Å². The first-order chi connectivity index (χ1) is 41.2. The summed E-state index contributed by atoms with van der Waals surface area (Å²) in [6.07, 6.45) is 65.7. The van der Waals surface area contributed by atoms with Crippen LogP contribution in [0.5, 0.6) is 0 Å². The van der Waals surface area contributed by atoms with Crippen molar-refractivity contribution >= 4 is 33.6 Å². The number of carbonyl (C=O) groups is 3. The number of rotatable bonds is 60. The van der Waals surface area contributed by atoms with Crippen LogP contribution in [0, 0.1) is 0 Å². The van der Waals surface area contributed by atoms with Crippen LogP contribution in [0.4, 0.5) is 0 Å². The Hall–Kier alpha value is -3.79. The summed E-state index contributed by atoms with van der Waals surface area (Å²) in [7, 11) is -9.79. The average Bonchev–Trinajstić information content (AvgIpc) is 3.48. The van der Waals surface area contributed by atoms with Crippen LogP contribution >= 0.6 is 15.6 Å². The van der Waals surface area contributed by atoms with Gasteiger partial charge >= 0.3 is 33.6 Å². The molecule has 0 bridgehead atoms. The number of unbranched alkanes of at least 4 members (excludes halogenated alkanes) is 19. The fourth-order valence-corrected chi connectivity index (χ4v) is 9.66. The maximum absolute atomic E-state index is 12.9. The molecule has 16 nitrogen and oxygen atoms in total. The zero-order valence-electron chi connectivity index (χ0n) is 52.5. The third-order valence-electron chi connectivity index (χ3n) is 13.0. The van der Waals surface area contributed by atoms with E-state index in [0.717, 1.165) is 161 Å². The lowest BCUT2D eigenvalue weighted by atomic mass is 10.1. The number of hydrogen-bond donors (Lipinski definition) is 4. The molecule has 0 radical (unpaired) electrons. The summed E-state index contributed by atoms with van der Waals surface area (Å²) in [5.74, 6) is -1.63. The van der Waals surface area contributed by atoms with E-state index >= 15 is 0 Å². The largest absolute Gasteiger partial charge is 0.472 e. The Morgan fingerprint density at radius 3 is 0.988 bits per heavy atom. The van der Waals surface area contributed by atoms with Gasteiger partial charge in [-0.15, -0.1) is 0 Å². The first-order valence-electron chi connectivity index (χ1n) is 32.2. The minimum Gasteiger partial charge on any atom is -0.463 e. The molecule has 0 aliphatic heterocycles. The first kappa shape index (κ1) is 81.2. The molecule has 0 aliphatic carbocycles. The predicted octanol–water partition coefficient (Wildman–Crippen LogP) is 17.3. The van der Waals surface area contributed by atoms with Gasteiger partial charge in [0.25, 0.3) is 0 Å². The summed E-state index contributed by atoms with van der Waals surface area (Å²) in [4.78, 5) is 58.3. The van der Waals surface area contributed by atoms with Gasteiger partial charge in [0.1, 0.15) is 25.4 Å². The Morgan fingerprint density at radius 1 is 0.341 bits per heavy atom. The minimum atomic E-state index is -4.93. The second-order valence-corrected chi connectivity index (χ2v) is 24.1. The Kier molecular flexibility index (Phi) is 57.8. The van der Waals surface area contributed by atoms with E-state index in [9.17, 15) is 43.5 Å². The van der Waals surface area contributed by atoms with Crippen LogP contribution < -0.4 is 0 Å². The Balaban J connectivity index is 4.75. The number of esters is 3. The van der Waals surface area contributed by atoms with Gasteiger partial charge in [0.05, 0.1) is 26.4 Å². The molecule has 5 unspecified atom stereocenters. The van der Waals surface area contributed by atoms with Crippen molar-refractivity contribution in [2.24, 2.45) is 0 Å². The van der Waals surface area contributed by atoms with Crippen molar-refractivity contribution in [1.82, 2.24) is 0 Å². The molecule has 0 heterocycles. The zero-order valence-corrected chi connectivity index (χ0v) is 54.3. The van der Waals surface area contributed by atoms with Crippen molar-refractivity contribution < 1.29 is 75.8 Å². The number of carbonyl (C=O) groups excluding carboxylic acids is 3. The van der Waals surface area contributed by atoms with Crippen LogP contribution in [0.3, 0.4) is 0 Å². The molecule has 0 spiro atoms. The predicted molar refractivity (Wildman–Crippen MR) is 344 cm³/mol. The monoisotopic (exact) mass is 1240 g/mol. The quantitative estimate of drug-likeness (QED) is 0.0146. The van der Waals surface area contributed by atoms with Crippen LogP contribution in [0.15, 0.2) is 109 Å². The third-order valence-corrected chi connectivity index (χ3v) is 14.9. The molecule has 4 N–H and O–H groups in total. The van der Waals surface area contributed by atoms with Crippen molar-refractivity contribution in [3.8, 4) is 0 Å². The topological polar surface area (TPSA) is 231 Å². The maximum atomic E-state index is 12.9. The molecule has 0 fully saturated rings. The molecule has 0 aromatic carbocycles. The average molecular weight is 1240 g/mol. The smallest absolute Gasteiger partial charge is 0.463 e. The standard InChI is InChI=1S/C67H114O16P2/c1-4-7-10-13-16-19-22-25-28-30-33-35-38-41-44-47-50-53-65(70)77-56-62(68)57-79-84(73,74)80-58-63(69)59-81-85(75,76)82-61-64(83-67(72)55-52-49-46-43-40-37-32-27-24-21-18-15-12-9-6-3)60-78-66(71)54-51-48-45-42-39-36-34-31-29-26-23-20-17-14-11-8-5-2/h7-8,10-11,16-21,25-29,32-33,35,62-64,68-69H,4-6,9,12-15,22-24,30-31,34,36-61H2,1-3H3,(H,73,74)(H,75,76)/b10-7-,11-8-,19-16-,20-17-,21-18-,28-25-,29-26-,32-27-,35-33-. The van der Waals surface area contributed by atoms with E-state index in [4.69, 9.17) is 32.3 Å². The third kappa shape index (κ3) is 61.6. The second kappa shape index (κ2) is 60.5.